The molecule has 130 valence electrons. The van der Waals surface area contributed by atoms with Crippen LogP contribution in [0.1, 0.15) is 19.8 Å². The number of carbonyl (C=O) groups excluding carboxylic acids is 1. The van der Waals surface area contributed by atoms with Gasteiger partial charge < -0.3 is 18.9 Å². The second-order valence-corrected chi connectivity index (χ2v) is 5.67. The molecule has 0 aromatic heterocycles. The van der Waals surface area contributed by atoms with Crippen LogP contribution in [-0.2, 0) is 14.3 Å². The Morgan fingerprint density at radius 2 is 1.83 bits per heavy atom. The molecule has 5 heteroatoms. The molecule has 0 radical (unpaired) electrons. The molecular weight excluding hydrogens is 308 g/mol. The normalized spacial score (nSPS) is 16.7. The monoisotopic (exact) mass is 332 g/mol. The van der Waals surface area contributed by atoms with Gasteiger partial charge >= 0.3 is 5.97 Å². The van der Waals surface area contributed by atoms with Crippen molar-refractivity contribution in [2.45, 2.75) is 19.8 Å². The van der Waals surface area contributed by atoms with Crippen molar-refractivity contribution in [2.24, 2.45) is 5.92 Å². The first-order valence-electron chi connectivity index (χ1n) is 8.03. The molecule has 1 aromatic carbocycles. The molecule has 0 N–H and O–H groups in total. The largest absolute Gasteiger partial charge is 0.497 e. The molecule has 0 saturated carbocycles. The average Bonchev–Trinajstić information content (AvgIpc) is 2.98. The molecule has 0 amide bonds. The highest BCUT2D eigenvalue weighted by molar-refractivity contribution is 5.89. The van der Waals surface area contributed by atoms with E-state index in [1.54, 1.807) is 13.2 Å². The predicted molar refractivity (Wildman–Crippen MR) is 91.0 cm³/mol. The van der Waals surface area contributed by atoms with Gasteiger partial charge in [0.1, 0.15) is 37.1 Å². The lowest BCUT2D eigenvalue weighted by Gasteiger charge is -2.11. The average molecular weight is 332 g/mol. The van der Waals surface area contributed by atoms with E-state index < -0.39 is 0 Å². The van der Waals surface area contributed by atoms with Crippen LogP contribution in [0.2, 0.25) is 0 Å². The van der Waals surface area contributed by atoms with Gasteiger partial charge in [-0.3, -0.25) is 0 Å². The molecule has 0 unspecified atom stereocenters. The molecule has 5 nitrogen and oxygen atoms in total. The van der Waals surface area contributed by atoms with Crippen LogP contribution in [0.5, 0.6) is 11.5 Å². The maximum atomic E-state index is 12.0. The minimum Gasteiger partial charge on any atom is -0.497 e. The van der Waals surface area contributed by atoms with Gasteiger partial charge in [0.2, 0.25) is 0 Å². The molecule has 1 aliphatic rings. The standard InChI is InChI=1S/C19H24O5/c1-4-9-24-19(20)17-12-14(2)13-18(17)23-11-10-22-16-7-5-15(21-3)6-8-16/h4-8,14H,1,9-13H2,2-3H3/t14-/m1/s1. The number of esters is 1. The lowest BCUT2D eigenvalue weighted by molar-refractivity contribution is -0.138. The van der Waals surface area contributed by atoms with E-state index in [-0.39, 0.29) is 12.6 Å². The molecule has 0 heterocycles. The Balaban J connectivity index is 1.82. The number of benzene rings is 1. The third-order valence-corrected chi connectivity index (χ3v) is 3.69. The van der Waals surface area contributed by atoms with Gasteiger partial charge in [-0.15, -0.1) is 0 Å². The highest BCUT2D eigenvalue weighted by atomic mass is 16.5. The quantitative estimate of drug-likeness (QED) is 0.393. The Morgan fingerprint density at radius 1 is 1.17 bits per heavy atom. The molecule has 24 heavy (non-hydrogen) atoms. The number of methoxy groups -OCH3 is 1. The van der Waals surface area contributed by atoms with Crippen LogP contribution in [0.4, 0.5) is 0 Å². The SMILES string of the molecule is C=CCOC(=O)C1=C(OCCOc2ccc(OC)cc2)C[C@H](C)C1. The summed E-state index contributed by atoms with van der Waals surface area (Å²) in [4.78, 5) is 12.0. The van der Waals surface area contributed by atoms with Gasteiger partial charge in [-0.25, -0.2) is 4.79 Å². The molecule has 2 rings (SSSR count). The van der Waals surface area contributed by atoms with E-state index in [0.29, 0.717) is 31.1 Å². The van der Waals surface area contributed by atoms with Crippen LogP contribution in [0, 0.1) is 5.92 Å². The first-order valence-corrected chi connectivity index (χ1v) is 8.03. The zero-order chi connectivity index (χ0) is 17.4. The predicted octanol–water partition coefficient (Wildman–Crippen LogP) is 3.50. The Hall–Kier alpha value is -2.43. The summed E-state index contributed by atoms with van der Waals surface area (Å²) in [6.07, 6.45) is 2.99. The van der Waals surface area contributed by atoms with Crippen molar-refractivity contribution < 1.29 is 23.7 Å². The van der Waals surface area contributed by atoms with Crippen molar-refractivity contribution in [3.8, 4) is 11.5 Å². The van der Waals surface area contributed by atoms with E-state index in [9.17, 15) is 4.79 Å². The third kappa shape index (κ3) is 5.05. The van der Waals surface area contributed by atoms with Gasteiger partial charge in [0.15, 0.2) is 0 Å². The zero-order valence-corrected chi connectivity index (χ0v) is 14.2. The molecule has 1 atom stereocenters. The topological polar surface area (TPSA) is 54.0 Å². The first-order chi connectivity index (χ1) is 11.6. The summed E-state index contributed by atoms with van der Waals surface area (Å²) >= 11 is 0. The molecule has 0 aliphatic heterocycles. The second-order valence-electron chi connectivity index (χ2n) is 5.67. The first kappa shape index (κ1) is 17.9. The Labute approximate surface area is 142 Å². The van der Waals surface area contributed by atoms with E-state index in [2.05, 4.69) is 13.5 Å². The number of rotatable bonds is 9. The maximum absolute atomic E-state index is 12.0. The summed E-state index contributed by atoms with van der Waals surface area (Å²) in [5.74, 6) is 2.32. The summed E-state index contributed by atoms with van der Waals surface area (Å²) in [6, 6.07) is 7.36. The third-order valence-electron chi connectivity index (χ3n) is 3.69. The highest BCUT2D eigenvalue weighted by Crippen LogP contribution is 2.32. The second kappa shape index (κ2) is 9.01. The van der Waals surface area contributed by atoms with Gasteiger partial charge in [0.05, 0.1) is 12.7 Å². The molecule has 1 aromatic rings. The van der Waals surface area contributed by atoms with Crippen molar-refractivity contribution >= 4 is 5.97 Å². The van der Waals surface area contributed by atoms with Crippen molar-refractivity contribution in [3.63, 3.8) is 0 Å². The summed E-state index contributed by atoms with van der Waals surface area (Å²) in [6.45, 7) is 6.63. The Bertz CT molecular complexity index is 588. The van der Waals surface area contributed by atoms with Crippen LogP contribution >= 0.6 is 0 Å². The van der Waals surface area contributed by atoms with Crippen molar-refractivity contribution in [1.82, 2.24) is 0 Å². The number of ether oxygens (including phenoxy) is 4. The molecular formula is C19H24O5. The molecule has 0 spiro atoms. The van der Waals surface area contributed by atoms with Gasteiger partial charge in [-0.05, 0) is 36.6 Å². The van der Waals surface area contributed by atoms with Gasteiger partial charge in [-0.2, -0.15) is 0 Å². The lowest BCUT2D eigenvalue weighted by Crippen LogP contribution is -2.11. The van der Waals surface area contributed by atoms with Crippen molar-refractivity contribution in [1.29, 1.82) is 0 Å². The zero-order valence-electron chi connectivity index (χ0n) is 14.2. The summed E-state index contributed by atoms with van der Waals surface area (Å²) in [7, 11) is 1.62. The molecule has 1 aliphatic carbocycles. The lowest BCUT2D eigenvalue weighted by atomic mass is 10.1. The fraction of sp³-hybridized carbons (Fsp3) is 0.421. The number of carbonyl (C=O) groups is 1. The number of hydrogen-bond donors (Lipinski definition) is 0. The summed E-state index contributed by atoms with van der Waals surface area (Å²) < 4.78 is 21.6. The van der Waals surface area contributed by atoms with Crippen LogP contribution in [-0.4, -0.2) is 32.9 Å². The maximum Gasteiger partial charge on any atom is 0.337 e. The molecule has 0 bridgehead atoms. The fourth-order valence-corrected chi connectivity index (χ4v) is 2.54. The van der Waals surface area contributed by atoms with Crippen molar-refractivity contribution in [2.75, 3.05) is 26.9 Å². The Morgan fingerprint density at radius 3 is 2.50 bits per heavy atom. The Kier molecular flexibility index (Phi) is 6.73. The minimum absolute atomic E-state index is 0.213. The summed E-state index contributed by atoms with van der Waals surface area (Å²) in [5.41, 5.74) is 0.633. The van der Waals surface area contributed by atoms with Crippen LogP contribution in [0.25, 0.3) is 0 Å². The van der Waals surface area contributed by atoms with Crippen LogP contribution < -0.4 is 9.47 Å². The minimum atomic E-state index is -0.315. The van der Waals surface area contributed by atoms with Gasteiger partial charge in [0.25, 0.3) is 0 Å². The van der Waals surface area contributed by atoms with Crippen molar-refractivity contribution in [3.05, 3.63) is 48.3 Å². The van der Waals surface area contributed by atoms with E-state index in [4.69, 9.17) is 18.9 Å². The number of allylic oxidation sites excluding steroid dienone is 1. The smallest absolute Gasteiger partial charge is 0.337 e. The summed E-state index contributed by atoms with van der Waals surface area (Å²) in [5, 5.41) is 0. The molecule has 0 saturated heterocycles. The van der Waals surface area contributed by atoms with Crippen LogP contribution in [0.15, 0.2) is 48.3 Å². The van der Waals surface area contributed by atoms with E-state index in [1.807, 2.05) is 24.3 Å². The number of hydrogen-bond acceptors (Lipinski definition) is 5. The highest BCUT2D eigenvalue weighted by Gasteiger charge is 2.28. The fourth-order valence-electron chi connectivity index (χ4n) is 2.54. The van der Waals surface area contributed by atoms with E-state index in [1.165, 1.54) is 0 Å². The van der Waals surface area contributed by atoms with Crippen LogP contribution in [0.3, 0.4) is 0 Å². The van der Waals surface area contributed by atoms with E-state index >= 15 is 0 Å². The molecule has 0 fully saturated rings. The van der Waals surface area contributed by atoms with E-state index in [0.717, 1.165) is 23.7 Å². The van der Waals surface area contributed by atoms with Gasteiger partial charge in [0, 0.05) is 6.42 Å². The van der Waals surface area contributed by atoms with Gasteiger partial charge in [-0.1, -0.05) is 19.6 Å².